The molecule has 0 saturated carbocycles. The highest BCUT2D eigenvalue weighted by Crippen LogP contribution is 1.94. The molecule has 0 N–H and O–H groups in total. The smallest absolute Gasteiger partial charge is 0.339 e. The molecule has 0 bridgehead atoms. The Morgan fingerprint density at radius 3 is 2.94 bits per heavy atom. The fourth-order valence-electron chi connectivity index (χ4n) is 1.32. The molecule has 3 nitrogen and oxygen atoms in total. The molecule has 0 spiro atoms. The summed E-state index contributed by atoms with van der Waals surface area (Å²) in [5.41, 5.74) is 0.459. The zero-order chi connectivity index (χ0) is 12.0. The van der Waals surface area contributed by atoms with E-state index in [-0.39, 0.29) is 5.97 Å². The van der Waals surface area contributed by atoms with Crippen LogP contribution in [0.1, 0.15) is 24.2 Å². The number of allylic oxidation sites excluding steroid dienone is 1. The van der Waals surface area contributed by atoms with Crippen LogP contribution in [0.4, 0.5) is 0 Å². The van der Waals surface area contributed by atoms with Gasteiger partial charge in [0, 0.05) is 11.4 Å². The van der Waals surface area contributed by atoms with E-state index in [9.17, 15) is 4.79 Å². The summed E-state index contributed by atoms with van der Waals surface area (Å²) in [6, 6.07) is 1.75. The first-order valence-electron chi connectivity index (χ1n) is 5.15. The minimum absolute atomic E-state index is 0.351. The maximum absolute atomic E-state index is 11.5. The molecule has 0 saturated heterocycles. The lowest BCUT2D eigenvalue weighted by atomic mass is 10.2. The number of rotatable bonds is 3. The van der Waals surface area contributed by atoms with Gasteiger partial charge in [-0.1, -0.05) is 24.8 Å². The Bertz CT molecular complexity index is 503. The molecule has 1 rings (SSSR count). The highest BCUT2D eigenvalue weighted by Gasteiger charge is 2.05. The predicted molar refractivity (Wildman–Crippen MR) is 64.2 cm³/mol. The van der Waals surface area contributed by atoms with E-state index in [0.29, 0.717) is 12.2 Å². The lowest BCUT2D eigenvalue weighted by Crippen LogP contribution is -2.29. The molecular formula is C13H15NO2. The molecular weight excluding hydrogens is 202 g/mol. The van der Waals surface area contributed by atoms with Crippen molar-refractivity contribution >= 4 is 18.1 Å². The van der Waals surface area contributed by atoms with E-state index in [4.69, 9.17) is 4.74 Å². The molecule has 84 valence electrons. The van der Waals surface area contributed by atoms with Crippen molar-refractivity contribution in [1.82, 2.24) is 4.98 Å². The summed E-state index contributed by atoms with van der Waals surface area (Å²) >= 11 is 0. The molecule has 0 fully saturated rings. The van der Waals surface area contributed by atoms with Crippen molar-refractivity contribution in [3.8, 4) is 0 Å². The van der Waals surface area contributed by atoms with Gasteiger partial charge in [0.1, 0.15) is 0 Å². The number of esters is 1. The molecule has 0 atom stereocenters. The fraction of sp³-hybridized carbons (Fsp3) is 0.231. The third-order valence-electron chi connectivity index (χ3n) is 2.03. The molecule has 0 radical (unpaired) electrons. The molecule has 1 aromatic rings. The molecule has 0 unspecified atom stereocenters. The highest BCUT2D eigenvalue weighted by atomic mass is 16.5. The molecule has 3 heteroatoms. The van der Waals surface area contributed by atoms with Gasteiger partial charge >= 0.3 is 5.97 Å². The van der Waals surface area contributed by atoms with Crippen LogP contribution in [0.3, 0.4) is 0 Å². The number of carbonyl (C=O) groups is 1. The first-order chi connectivity index (χ1) is 7.72. The summed E-state index contributed by atoms with van der Waals surface area (Å²) in [5, 5.41) is 1.69. The number of ether oxygens (including phenoxy) is 1. The predicted octanol–water partition coefficient (Wildman–Crippen LogP) is 1.03. The third-order valence-corrected chi connectivity index (χ3v) is 2.03. The van der Waals surface area contributed by atoms with Gasteiger partial charge < -0.3 is 4.74 Å². The number of hydrogen-bond donors (Lipinski definition) is 0. The lowest BCUT2D eigenvalue weighted by molar-refractivity contribution is 0.0525. The second-order valence-corrected chi connectivity index (χ2v) is 3.11. The van der Waals surface area contributed by atoms with Gasteiger partial charge in [0.15, 0.2) is 0 Å². The standard InChI is InChI=1S/C13H15NO2/c1-4-7-10-8-11(13(15)16-6-3)9-14-12(10)5-2/h4-5,7-9H,1,6H2,2-3H3/b10-7-,12-5+. The average molecular weight is 217 g/mol. The van der Waals surface area contributed by atoms with E-state index in [1.165, 1.54) is 6.20 Å². The van der Waals surface area contributed by atoms with E-state index in [1.54, 1.807) is 19.1 Å². The third kappa shape index (κ3) is 2.79. The maximum Gasteiger partial charge on any atom is 0.339 e. The molecule has 0 aliphatic carbocycles. The van der Waals surface area contributed by atoms with Crippen LogP contribution in [0.2, 0.25) is 0 Å². The molecule has 1 heterocycles. The van der Waals surface area contributed by atoms with Crippen LogP contribution in [0.5, 0.6) is 0 Å². The van der Waals surface area contributed by atoms with E-state index in [0.717, 1.165) is 10.6 Å². The number of hydrogen-bond acceptors (Lipinski definition) is 3. The summed E-state index contributed by atoms with van der Waals surface area (Å²) in [7, 11) is 0. The number of pyridine rings is 1. The van der Waals surface area contributed by atoms with Crippen LogP contribution < -0.4 is 10.6 Å². The zero-order valence-electron chi connectivity index (χ0n) is 9.56. The van der Waals surface area contributed by atoms with Crippen molar-refractivity contribution in [2.24, 2.45) is 0 Å². The number of carbonyl (C=O) groups excluding carboxylic acids is 1. The molecule has 0 amide bonds. The summed E-state index contributed by atoms with van der Waals surface area (Å²) < 4.78 is 4.91. The van der Waals surface area contributed by atoms with Crippen LogP contribution in [0.15, 0.2) is 24.9 Å². The van der Waals surface area contributed by atoms with Crippen LogP contribution in [0.25, 0.3) is 12.2 Å². The largest absolute Gasteiger partial charge is 0.462 e. The summed E-state index contributed by atoms with van der Waals surface area (Å²) in [6.07, 6.45) is 6.88. The van der Waals surface area contributed by atoms with Crippen LogP contribution in [-0.2, 0) is 4.74 Å². The Morgan fingerprint density at radius 2 is 2.38 bits per heavy atom. The van der Waals surface area contributed by atoms with Crippen molar-refractivity contribution in [2.45, 2.75) is 13.8 Å². The Kier molecular flexibility index (Phi) is 4.45. The fourth-order valence-corrected chi connectivity index (χ4v) is 1.32. The van der Waals surface area contributed by atoms with Gasteiger partial charge in [-0.15, -0.1) is 0 Å². The van der Waals surface area contributed by atoms with E-state index in [1.807, 2.05) is 19.1 Å². The summed E-state index contributed by atoms with van der Waals surface area (Å²) in [4.78, 5) is 15.7. The topological polar surface area (TPSA) is 39.2 Å². The number of nitrogens with zero attached hydrogens (tertiary/aromatic N) is 1. The first kappa shape index (κ1) is 12.2. The first-order valence-corrected chi connectivity index (χ1v) is 5.15. The van der Waals surface area contributed by atoms with Gasteiger partial charge in [0.05, 0.1) is 17.5 Å². The van der Waals surface area contributed by atoms with Crippen LogP contribution in [0, 0.1) is 0 Å². The second-order valence-electron chi connectivity index (χ2n) is 3.11. The SMILES string of the molecule is C=C/C=c1/cc(C(=O)OCC)cn/c1=C/C. The van der Waals surface area contributed by atoms with E-state index >= 15 is 0 Å². The minimum Gasteiger partial charge on any atom is -0.462 e. The normalized spacial score (nSPS) is 12.6. The molecule has 1 aromatic heterocycles. The van der Waals surface area contributed by atoms with Crippen molar-refractivity contribution in [3.05, 3.63) is 41.0 Å². The van der Waals surface area contributed by atoms with Gasteiger partial charge in [-0.25, -0.2) is 4.79 Å². The quantitative estimate of drug-likeness (QED) is 0.710. The summed E-state index contributed by atoms with van der Waals surface area (Å²) in [5.74, 6) is -0.351. The number of aromatic nitrogens is 1. The second kappa shape index (κ2) is 5.85. The van der Waals surface area contributed by atoms with Crippen LogP contribution >= 0.6 is 0 Å². The highest BCUT2D eigenvalue weighted by molar-refractivity contribution is 5.89. The average Bonchev–Trinajstić information content (AvgIpc) is 2.29. The van der Waals surface area contributed by atoms with Crippen molar-refractivity contribution in [2.75, 3.05) is 6.61 Å². The van der Waals surface area contributed by atoms with Crippen molar-refractivity contribution in [1.29, 1.82) is 0 Å². The molecule has 0 aromatic carbocycles. The zero-order valence-corrected chi connectivity index (χ0v) is 9.56. The van der Waals surface area contributed by atoms with Gasteiger partial charge in [-0.3, -0.25) is 4.98 Å². The Morgan fingerprint density at radius 1 is 1.62 bits per heavy atom. The Hall–Kier alpha value is -1.90. The van der Waals surface area contributed by atoms with Gasteiger partial charge in [-0.2, -0.15) is 0 Å². The lowest BCUT2D eigenvalue weighted by Gasteiger charge is -2.00. The van der Waals surface area contributed by atoms with Gasteiger partial charge in [0.2, 0.25) is 0 Å². The maximum atomic E-state index is 11.5. The molecule has 0 aliphatic heterocycles. The van der Waals surface area contributed by atoms with Crippen LogP contribution in [-0.4, -0.2) is 17.6 Å². The minimum atomic E-state index is -0.351. The Labute approximate surface area is 94.8 Å². The van der Waals surface area contributed by atoms with Gasteiger partial charge in [-0.05, 0) is 19.9 Å². The van der Waals surface area contributed by atoms with E-state index in [2.05, 4.69) is 11.6 Å². The monoisotopic (exact) mass is 217 g/mol. The van der Waals surface area contributed by atoms with Gasteiger partial charge in [0.25, 0.3) is 0 Å². The molecule has 16 heavy (non-hydrogen) atoms. The molecule has 0 aliphatic rings. The van der Waals surface area contributed by atoms with Crippen molar-refractivity contribution < 1.29 is 9.53 Å². The van der Waals surface area contributed by atoms with E-state index < -0.39 is 0 Å². The Balaban J connectivity index is 3.28. The van der Waals surface area contributed by atoms with Crippen molar-refractivity contribution in [3.63, 3.8) is 0 Å². The summed E-state index contributed by atoms with van der Waals surface area (Å²) in [6.45, 7) is 7.66.